The number of carbonyl (C=O) groups is 2. The monoisotopic (exact) mass is 338 g/mol. The molecule has 6 nitrogen and oxygen atoms in total. The molecule has 1 aliphatic rings. The molecule has 1 aliphatic heterocycles. The Hall–Kier alpha value is -1.73. The number of amides is 2. The first kappa shape index (κ1) is 17.6. The van der Waals surface area contributed by atoms with Gasteiger partial charge in [0.1, 0.15) is 17.2 Å². The van der Waals surface area contributed by atoms with E-state index in [0.717, 1.165) is 11.3 Å². The molecular formula is C16H22N2O4S. The van der Waals surface area contributed by atoms with Crippen LogP contribution in [0.25, 0.3) is 0 Å². The molecule has 0 radical (unpaired) electrons. The number of benzene rings is 1. The first-order chi connectivity index (χ1) is 11.0. The molecule has 0 saturated carbocycles. The van der Waals surface area contributed by atoms with Gasteiger partial charge in [0.2, 0.25) is 5.91 Å². The van der Waals surface area contributed by atoms with Gasteiger partial charge in [0, 0.05) is 0 Å². The van der Waals surface area contributed by atoms with Crippen LogP contribution in [-0.2, 0) is 9.59 Å². The Morgan fingerprint density at radius 1 is 1.43 bits per heavy atom. The second-order valence-electron chi connectivity index (χ2n) is 5.86. The molecule has 23 heavy (non-hydrogen) atoms. The summed E-state index contributed by atoms with van der Waals surface area (Å²) in [4.78, 5) is 26.0. The molecule has 2 atom stereocenters. The van der Waals surface area contributed by atoms with E-state index in [2.05, 4.69) is 0 Å². The lowest BCUT2D eigenvalue weighted by molar-refractivity contribution is -0.143. The number of hydrogen-bond donors (Lipinski definition) is 2. The third kappa shape index (κ3) is 3.97. The zero-order chi connectivity index (χ0) is 17.0. The van der Waals surface area contributed by atoms with E-state index < -0.39 is 11.9 Å². The number of hydroxylamine groups is 1. The second kappa shape index (κ2) is 7.70. The Labute approximate surface area is 140 Å². The van der Waals surface area contributed by atoms with E-state index >= 15 is 0 Å². The average Bonchev–Trinajstić information content (AvgIpc) is 2.93. The van der Waals surface area contributed by atoms with Crippen LogP contribution in [0, 0.1) is 5.92 Å². The van der Waals surface area contributed by atoms with Crippen LogP contribution in [0.2, 0.25) is 0 Å². The lowest BCUT2D eigenvalue weighted by Crippen LogP contribution is -2.48. The molecule has 7 heteroatoms. The summed E-state index contributed by atoms with van der Waals surface area (Å²) in [6, 6.07) is 6.77. The number of nitrogens with zero attached hydrogens (tertiary/aromatic N) is 1. The first-order valence-electron chi connectivity index (χ1n) is 7.48. The molecular weight excluding hydrogens is 316 g/mol. The van der Waals surface area contributed by atoms with Crippen molar-refractivity contribution in [1.82, 2.24) is 10.4 Å². The predicted molar refractivity (Wildman–Crippen MR) is 88.2 cm³/mol. The van der Waals surface area contributed by atoms with Gasteiger partial charge in [0.25, 0.3) is 5.91 Å². The third-order valence-corrected chi connectivity index (χ3v) is 4.98. The van der Waals surface area contributed by atoms with Crippen molar-refractivity contribution >= 4 is 23.6 Å². The van der Waals surface area contributed by atoms with E-state index in [1.807, 2.05) is 38.1 Å². The minimum absolute atomic E-state index is 0.0925. The molecule has 1 aromatic carbocycles. The van der Waals surface area contributed by atoms with Gasteiger partial charge >= 0.3 is 0 Å². The fraction of sp³-hybridized carbons (Fsp3) is 0.500. The fourth-order valence-electron chi connectivity index (χ4n) is 2.67. The topological polar surface area (TPSA) is 78.9 Å². The molecule has 1 heterocycles. The standard InChI is InChI=1S/C16H22N2O4S/c1-10(2)8-13(15(20)17-21)18-14(19)9-23-16(18)11-4-6-12(22-3)7-5-11/h4-7,10,13,16,21H,8-9H2,1-3H3,(H,17,20)/t13-,16?/m0/s1. The molecule has 0 aromatic heterocycles. The largest absolute Gasteiger partial charge is 0.497 e. The van der Waals surface area contributed by atoms with Crippen LogP contribution >= 0.6 is 11.8 Å². The number of thioether (sulfide) groups is 1. The van der Waals surface area contributed by atoms with Gasteiger partial charge in [-0.25, -0.2) is 5.48 Å². The smallest absolute Gasteiger partial charge is 0.266 e. The van der Waals surface area contributed by atoms with Crippen LogP contribution in [-0.4, -0.2) is 40.8 Å². The third-order valence-electron chi connectivity index (χ3n) is 3.75. The van der Waals surface area contributed by atoms with Crippen molar-refractivity contribution in [3.8, 4) is 5.75 Å². The molecule has 1 saturated heterocycles. The van der Waals surface area contributed by atoms with Gasteiger partial charge in [-0.05, 0) is 30.0 Å². The predicted octanol–water partition coefficient (Wildman–Crippen LogP) is 2.19. The normalized spacial score (nSPS) is 19.1. The highest BCUT2D eigenvalue weighted by atomic mass is 32.2. The highest BCUT2D eigenvalue weighted by Crippen LogP contribution is 2.41. The van der Waals surface area contributed by atoms with E-state index in [-0.39, 0.29) is 17.2 Å². The van der Waals surface area contributed by atoms with Gasteiger partial charge in [-0.2, -0.15) is 0 Å². The lowest BCUT2D eigenvalue weighted by atomic mass is 10.0. The molecule has 0 spiro atoms. The quantitative estimate of drug-likeness (QED) is 0.614. The van der Waals surface area contributed by atoms with Crippen molar-refractivity contribution in [3.05, 3.63) is 29.8 Å². The van der Waals surface area contributed by atoms with Gasteiger partial charge in [-0.15, -0.1) is 11.8 Å². The van der Waals surface area contributed by atoms with Crippen molar-refractivity contribution in [3.63, 3.8) is 0 Å². The molecule has 126 valence electrons. The van der Waals surface area contributed by atoms with Gasteiger partial charge in [-0.3, -0.25) is 14.8 Å². The molecule has 0 aliphatic carbocycles. The average molecular weight is 338 g/mol. The summed E-state index contributed by atoms with van der Waals surface area (Å²) in [6.07, 6.45) is 0.491. The summed E-state index contributed by atoms with van der Waals surface area (Å²) in [5.41, 5.74) is 2.63. The van der Waals surface area contributed by atoms with E-state index in [9.17, 15) is 9.59 Å². The minimum atomic E-state index is -0.686. The van der Waals surface area contributed by atoms with Crippen LogP contribution < -0.4 is 10.2 Å². The Balaban J connectivity index is 2.30. The maximum absolute atomic E-state index is 12.3. The highest BCUT2D eigenvalue weighted by Gasteiger charge is 2.41. The molecule has 1 fully saturated rings. The molecule has 2 rings (SSSR count). The number of ether oxygens (including phenoxy) is 1. The van der Waals surface area contributed by atoms with Crippen molar-refractivity contribution in [2.24, 2.45) is 5.92 Å². The van der Waals surface area contributed by atoms with Gasteiger partial charge < -0.3 is 9.64 Å². The van der Waals surface area contributed by atoms with Crippen LogP contribution in [0.15, 0.2) is 24.3 Å². The summed E-state index contributed by atoms with van der Waals surface area (Å²) >= 11 is 1.48. The van der Waals surface area contributed by atoms with Crippen molar-refractivity contribution < 1.29 is 19.5 Å². The maximum Gasteiger partial charge on any atom is 0.266 e. The lowest BCUT2D eigenvalue weighted by Gasteiger charge is -2.32. The Morgan fingerprint density at radius 2 is 2.09 bits per heavy atom. The summed E-state index contributed by atoms with van der Waals surface area (Å²) in [6.45, 7) is 3.96. The minimum Gasteiger partial charge on any atom is -0.497 e. The Morgan fingerprint density at radius 3 is 2.61 bits per heavy atom. The zero-order valence-electron chi connectivity index (χ0n) is 13.5. The number of rotatable bonds is 6. The number of carbonyl (C=O) groups excluding carboxylic acids is 2. The Kier molecular flexibility index (Phi) is 5.90. The molecule has 0 bridgehead atoms. The second-order valence-corrected chi connectivity index (χ2v) is 6.93. The number of nitrogens with one attached hydrogen (secondary N) is 1. The van der Waals surface area contributed by atoms with Crippen molar-refractivity contribution in [2.45, 2.75) is 31.7 Å². The summed E-state index contributed by atoms with van der Waals surface area (Å²) in [7, 11) is 1.60. The summed E-state index contributed by atoms with van der Waals surface area (Å²) in [5.74, 6) is 0.635. The molecule has 1 unspecified atom stereocenters. The van der Waals surface area contributed by atoms with Crippen LogP contribution in [0.3, 0.4) is 0 Å². The fourth-order valence-corrected chi connectivity index (χ4v) is 3.89. The number of hydrogen-bond acceptors (Lipinski definition) is 5. The van der Waals surface area contributed by atoms with Crippen molar-refractivity contribution in [1.29, 1.82) is 0 Å². The Bertz CT molecular complexity index is 562. The zero-order valence-corrected chi connectivity index (χ0v) is 14.3. The van der Waals surface area contributed by atoms with E-state index in [0.29, 0.717) is 12.2 Å². The highest BCUT2D eigenvalue weighted by molar-refractivity contribution is 8.00. The van der Waals surface area contributed by atoms with Gasteiger partial charge in [0.05, 0.1) is 12.9 Å². The van der Waals surface area contributed by atoms with Crippen molar-refractivity contribution in [2.75, 3.05) is 12.9 Å². The van der Waals surface area contributed by atoms with Crippen LogP contribution in [0.1, 0.15) is 31.2 Å². The molecule has 1 aromatic rings. The summed E-state index contributed by atoms with van der Waals surface area (Å²) < 4.78 is 5.15. The van der Waals surface area contributed by atoms with Crippen LogP contribution in [0.5, 0.6) is 5.75 Å². The van der Waals surface area contributed by atoms with E-state index in [1.54, 1.807) is 17.5 Å². The van der Waals surface area contributed by atoms with Gasteiger partial charge in [0.15, 0.2) is 0 Å². The van der Waals surface area contributed by atoms with Crippen LogP contribution in [0.4, 0.5) is 0 Å². The maximum atomic E-state index is 12.3. The van der Waals surface area contributed by atoms with E-state index in [4.69, 9.17) is 9.94 Å². The van der Waals surface area contributed by atoms with E-state index in [1.165, 1.54) is 11.8 Å². The SMILES string of the molecule is COc1ccc(C2SCC(=O)N2[C@@H](CC(C)C)C(=O)NO)cc1. The molecule has 2 amide bonds. The van der Waals surface area contributed by atoms with Gasteiger partial charge in [-0.1, -0.05) is 26.0 Å². The molecule has 2 N–H and O–H groups in total. The summed E-state index contributed by atoms with van der Waals surface area (Å²) in [5, 5.41) is 8.79. The first-order valence-corrected chi connectivity index (χ1v) is 8.53. The number of methoxy groups -OCH3 is 1.